The first kappa shape index (κ1) is 15.6. The summed E-state index contributed by atoms with van der Waals surface area (Å²) in [5, 5.41) is 13.2. The summed E-state index contributed by atoms with van der Waals surface area (Å²) in [6.07, 6.45) is 6.22. The first-order valence-corrected chi connectivity index (χ1v) is 8.04. The Labute approximate surface area is 140 Å². The summed E-state index contributed by atoms with van der Waals surface area (Å²) in [4.78, 5) is 12.4. The Morgan fingerprint density at radius 3 is 2.52 bits per heavy atom. The molecule has 0 heterocycles. The summed E-state index contributed by atoms with van der Waals surface area (Å²) in [5.41, 5.74) is 1.96. The van der Waals surface area contributed by atoms with Gasteiger partial charge in [0.15, 0.2) is 0 Å². The maximum atomic E-state index is 12.4. The van der Waals surface area contributed by atoms with Gasteiger partial charge in [0, 0.05) is 6.54 Å². The molecule has 23 heavy (non-hydrogen) atoms. The Morgan fingerprint density at radius 2 is 1.83 bits per heavy atom. The molecule has 0 radical (unpaired) electrons. The van der Waals surface area contributed by atoms with Crippen LogP contribution in [0.5, 0.6) is 5.75 Å². The molecule has 4 heteroatoms. The van der Waals surface area contributed by atoms with E-state index in [1.807, 2.05) is 30.3 Å². The number of carbonyl (C=O) groups excluding carboxylic acids is 1. The topological polar surface area (TPSA) is 49.3 Å². The van der Waals surface area contributed by atoms with Gasteiger partial charge in [0.2, 0.25) is 0 Å². The van der Waals surface area contributed by atoms with Gasteiger partial charge in [-0.3, -0.25) is 4.79 Å². The highest BCUT2D eigenvalue weighted by Crippen LogP contribution is 2.33. The third-order valence-electron chi connectivity index (χ3n) is 4.07. The number of hydrogen-bond donors (Lipinski definition) is 2. The normalized spacial score (nSPS) is 14.1. The van der Waals surface area contributed by atoms with Crippen LogP contribution in [0.2, 0.25) is 5.02 Å². The predicted octanol–water partition coefficient (Wildman–Crippen LogP) is 4.41. The van der Waals surface area contributed by atoms with Crippen LogP contribution in [0, 0.1) is 5.92 Å². The van der Waals surface area contributed by atoms with E-state index in [0.717, 1.165) is 24.0 Å². The third kappa shape index (κ3) is 3.57. The van der Waals surface area contributed by atoms with Crippen LogP contribution in [0.15, 0.2) is 54.6 Å². The third-order valence-corrected chi connectivity index (χ3v) is 4.36. The summed E-state index contributed by atoms with van der Waals surface area (Å²) >= 11 is 6.10. The van der Waals surface area contributed by atoms with Crippen molar-refractivity contribution in [2.45, 2.75) is 12.8 Å². The lowest BCUT2D eigenvalue weighted by Gasteiger charge is -2.13. The van der Waals surface area contributed by atoms with Gasteiger partial charge in [-0.15, -0.1) is 0 Å². The van der Waals surface area contributed by atoms with Crippen LogP contribution in [0.25, 0.3) is 11.1 Å². The molecule has 0 atom stereocenters. The number of amides is 1. The Bertz CT molecular complexity index is 733. The van der Waals surface area contributed by atoms with Gasteiger partial charge in [-0.2, -0.15) is 0 Å². The number of rotatable bonds is 4. The van der Waals surface area contributed by atoms with Crippen molar-refractivity contribution in [3.63, 3.8) is 0 Å². The zero-order valence-corrected chi connectivity index (χ0v) is 13.4. The summed E-state index contributed by atoms with van der Waals surface area (Å²) < 4.78 is 0. The zero-order chi connectivity index (χ0) is 16.2. The van der Waals surface area contributed by atoms with Gasteiger partial charge < -0.3 is 10.4 Å². The van der Waals surface area contributed by atoms with Crippen LogP contribution >= 0.6 is 11.6 Å². The average molecular weight is 328 g/mol. The average Bonchev–Trinajstić information content (AvgIpc) is 3.09. The maximum Gasteiger partial charge on any atom is 0.255 e. The molecule has 2 N–H and O–H groups in total. The van der Waals surface area contributed by atoms with Crippen molar-refractivity contribution in [2.75, 3.05) is 6.54 Å². The molecule has 0 saturated carbocycles. The molecule has 0 saturated heterocycles. The summed E-state index contributed by atoms with van der Waals surface area (Å²) in [7, 11) is 0. The molecule has 0 fully saturated rings. The Morgan fingerprint density at radius 1 is 1.13 bits per heavy atom. The SMILES string of the molecule is O=C(NCC1CC=CC1)c1cc(-c2ccccc2)cc(Cl)c1O. The Kier molecular flexibility index (Phi) is 4.68. The van der Waals surface area contributed by atoms with E-state index in [0.29, 0.717) is 12.5 Å². The lowest BCUT2D eigenvalue weighted by molar-refractivity contribution is 0.0945. The van der Waals surface area contributed by atoms with Crippen molar-refractivity contribution in [2.24, 2.45) is 5.92 Å². The van der Waals surface area contributed by atoms with Crippen LogP contribution in [-0.4, -0.2) is 17.6 Å². The molecule has 0 aromatic heterocycles. The van der Waals surface area contributed by atoms with Crippen molar-refractivity contribution in [3.8, 4) is 16.9 Å². The second kappa shape index (κ2) is 6.88. The van der Waals surface area contributed by atoms with Gasteiger partial charge in [-0.1, -0.05) is 54.1 Å². The van der Waals surface area contributed by atoms with Gasteiger partial charge in [0.25, 0.3) is 5.91 Å². The number of phenols is 1. The highest BCUT2D eigenvalue weighted by atomic mass is 35.5. The van der Waals surface area contributed by atoms with E-state index in [1.54, 1.807) is 12.1 Å². The maximum absolute atomic E-state index is 12.4. The van der Waals surface area contributed by atoms with Crippen LogP contribution in [0.1, 0.15) is 23.2 Å². The number of aromatic hydroxyl groups is 1. The van der Waals surface area contributed by atoms with Crippen molar-refractivity contribution in [1.29, 1.82) is 0 Å². The van der Waals surface area contributed by atoms with Crippen molar-refractivity contribution in [3.05, 3.63) is 65.2 Å². The van der Waals surface area contributed by atoms with Crippen LogP contribution < -0.4 is 5.32 Å². The highest BCUT2D eigenvalue weighted by molar-refractivity contribution is 6.33. The molecule has 2 aromatic carbocycles. The smallest absolute Gasteiger partial charge is 0.255 e. The predicted molar refractivity (Wildman–Crippen MR) is 92.8 cm³/mol. The van der Waals surface area contributed by atoms with E-state index in [4.69, 9.17) is 11.6 Å². The monoisotopic (exact) mass is 327 g/mol. The lowest BCUT2D eigenvalue weighted by atomic mass is 10.0. The summed E-state index contributed by atoms with van der Waals surface area (Å²) in [5.74, 6) is -0.0312. The number of benzene rings is 2. The van der Waals surface area contributed by atoms with E-state index in [2.05, 4.69) is 17.5 Å². The van der Waals surface area contributed by atoms with E-state index >= 15 is 0 Å². The minimum Gasteiger partial charge on any atom is -0.506 e. The molecule has 1 amide bonds. The van der Waals surface area contributed by atoms with E-state index in [-0.39, 0.29) is 22.2 Å². The fourth-order valence-corrected chi connectivity index (χ4v) is 2.96. The first-order valence-electron chi connectivity index (χ1n) is 7.66. The standard InChI is InChI=1S/C19H18ClNO2/c20-17-11-15(14-8-2-1-3-9-14)10-16(18(17)22)19(23)21-12-13-6-4-5-7-13/h1-5,8-11,13,22H,6-7,12H2,(H,21,23). The van der Waals surface area contributed by atoms with Crippen molar-refractivity contribution >= 4 is 17.5 Å². The van der Waals surface area contributed by atoms with Crippen molar-refractivity contribution < 1.29 is 9.90 Å². The van der Waals surface area contributed by atoms with Gasteiger partial charge in [0.1, 0.15) is 5.75 Å². The molecule has 0 aliphatic heterocycles. The minimum absolute atomic E-state index is 0.173. The molecule has 1 aliphatic rings. The number of hydrogen-bond acceptors (Lipinski definition) is 2. The second-order valence-corrected chi connectivity index (χ2v) is 6.15. The molecular weight excluding hydrogens is 310 g/mol. The van der Waals surface area contributed by atoms with Crippen LogP contribution in [-0.2, 0) is 0 Å². The number of nitrogens with one attached hydrogen (secondary N) is 1. The van der Waals surface area contributed by atoms with Crippen LogP contribution in [0.4, 0.5) is 0 Å². The van der Waals surface area contributed by atoms with E-state index in [1.165, 1.54) is 0 Å². The lowest BCUT2D eigenvalue weighted by Crippen LogP contribution is -2.28. The van der Waals surface area contributed by atoms with Gasteiger partial charge >= 0.3 is 0 Å². The van der Waals surface area contributed by atoms with E-state index < -0.39 is 0 Å². The van der Waals surface area contributed by atoms with Gasteiger partial charge in [-0.25, -0.2) is 0 Å². The quantitative estimate of drug-likeness (QED) is 0.817. The molecule has 1 aliphatic carbocycles. The highest BCUT2D eigenvalue weighted by Gasteiger charge is 2.18. The number of allylic oxidation sites excluding steroid dienone is 2. The Balaban J connectivity index is 1.82. The molecule has 0 bridgehead atoms. The molecule has 0 unspecified atom stereocenters. The second-order valence-electron chi connectivity index (χ2n) is 5.74. The summed E-state index contributed by atoms with van der Waals surface area (Å²) in [6.45, 7) is 0.596. The largest absolute Gasteiger partial charge is 0.506 e. The molecular formula is C19H18ClNO2. The fourth-order valence-electron chi connectivity index (χ4n) is 2.74. The van der Waals surface area contributed by atoms with E-state index in [9.17, 15) is 9.90 Å². The summed E-state index contributed by atoms with van der Waals surface area (Å²) in [6, 6.07) is 13.0. The number of carbonyl (C=O) groups is 1. The number of halogens is 1. The zero-order valence-electron chi connectivity index (χ0n) is 12.6. The number of phenolic OH excluding ortho intramolecular Hbond substituents is 1. The molecule has 0 spiro atoms. The molecule has 118 valence electrons. The van der Waals surface area contributed by atoms with Gasteiger partial charge in [0.05, 0.1) is 10.6 Å². The molecule has 3 rings (SSSR count). The first-order chi connectivity index (χ1) is 11.1. The van der Waals surface area contributed by atoms with Crippen LogP contribution in [0.3, 0.4) is 0 Å². The van der Waals surface area contributed by atoms with Crippen molar-refractivity contribution in [1.82, 2.24) is 5.32 Å². The fraction of sp³-hybridized carbons (Fsp3) is 0.211. The Hall–Kier alpha value is -2.26. The van der Waals surface area contributed by atoms with Gasteiger partial charge in [-0.05, 0) is 42.0 Å². The molecule has 2 aromatic rings. The molecule has 3 nitrogen and oxygen atoms in total. The minimum atomic E-state index is -0.297.